The molecule has 0 radical (unpaired) electrons. The van der Waals surface area contributed by atoms with Crippen LogP contribution in [0.5, 0.6) is 0 Å². The zero-order valence-electron chi connectivity index (χ0n) is 8.97. The fourth-order valence-electron chi connectivity index (χ4n) is 2.07. The lowest BCUT2D eigenvalue weighted by atomic mass is 10.1. The molecule has 16 heavy (non-hydrogen) atoms. The summed E-state index contributed by atoms with van der Waals surface area (Å²) in [5.74, 6) is -0.464. The third kappa shape index (κ3) is 1.99. The Balaban J connectivity index is 2.24. The summed E-state index contributed by atoms with van der Waals surface area (Å²) in [4.78, 5) is 17.0. The molecule has 0 aliphatic carbocycles. The van der Waals surface area contributed by atoms with Crippen molar-refractivity contribution in [2.24, 2.45) is 11.7 Å². The molecule has 5 nitrogen and oxygen atoms in total. The number of nitrogens with two attached hydrogens (primary N) is 1. The second-order valence-electron chi connectivity index (χ2n) is 4.03. The van der Waals surface area contributed by atoms with Crippen molar-refractivity contribution in [1.82, 2.24) is 4.98 Å². The summed E-state index contributed by atoms with van der Waals surface area (Å²) in [6.45, 7) is 2.36. The topological polar surface area (TPSA) is 79.5 Å². The molecule has 1 fully saturated rings. The number of nitrogens with zero attached hydrogens (tertiary/aromatic N) is 2. The summed E-state index contributed by atoms with van der Waals surface area (Å²) in [6.07, 6.45) is 4.04. The van der Waals surface area contributed by atoms with Crippen LogP contribution in [0.4, 0.5) is 5.69 Å². The monoisotopic (exact) mass is 221 g/mol. The van der Waals surface area contributed by atoms with Gasteiger partial charge in [0, 0.05) is 25.5 Å². The number of aromatic nitrogens is 1. The average Bonchev–Trinajstić information content (AvgIpc) is 2.77. The molecule has 1 saturated heterocycles. The fraction of sp³-hybridized carbons (Fsp3) is 0.455. The highest BCUT2D eigenvalue weighted by molar-refractivity contribution is 5.94. The first kappa shape index (κ1) is 10.9. The molecule has 2 heterocycles. The molecular formula is C11H15N3O2. The summed E-state index contributed by atoms with van der Waals surface area (Å²) in [6, 6.07) is 1.75. The standard InChI is InChI=1S/C11H15N3O2/c12-5-8-2-4-14(7-8)10-1-3-13-6-9(10)11(15)16/h1,3,6,8H,2,4-5,7,12H2,(H,15,16). The van der Waals surface area contributed by atoms with Gasteiger partial charge in [-0.05, 0) is 24.9 Å². The lowest BCUT2D eigenvalue weighted by molar-refractivity contribution is 0.0697. The van der Waals surface area contributed by atoms with E-state index in [-0.39, 0.29) is 5.56 Å². The molecule has 1 aliphatic rings. The normalized spacial score (nSPS) is 20.1. The SMILES string of the molecule is NCC1CCN(c2ccncc2C(=O)O)C1. The van der Waals surface area contributed by atoms with E-state index in [1.54, 1.807) is 12.3 Å². The van der Waals surface area contributed by atoms with Crippen molar-refractivity contribution in [2.75, 3.05) is 24.5 Å². The van der Waals surface area contributed by atoms with Crippen LogP contribution in [0.3, 0.4) is 0 Å². The van der Waals surface area contributed by atoms with Gasteiger partial charge >= 0.3 is 5.97 Å². The Kier molecular flexibility index (Phi) is 3.05. The van der Waals surface area contributed by atoms with E-state index in [0.29, 0.717) is 12.5 Å². The van der Waals surface area contributed by atoms with Gasteiger partial charge in [0.05, 0.1) is 5.69 Å². The molecule has 0 bridgehead atoms. The third-order valence-corrected chi connectivity index (χ3v) is 2.99. The summed E-state index contributed by atoms with van der Waals surface area (Å²) in [5, 5.41) is 9.06. The van der Waals surface area contributed by atoms with Crippen molar-refractivity contribution in [3.8, 4) is 0 Å². The van der Waals surface area contributed by atoms with Gasteiger partial charge in [0.2, 0.25) is 0 Å². The first-order valence-corrected chi connectivity index (χ1v) is 5.34. The predicted octanol–water partition coefficient (Wildman–Crippen LogP) is 0.565. The van der Waals surface area contributed by atoms with E-state index in [1.165, 1.54) is 6.20 Å². The van der Waals surface area contributed by atoms with Crippen molar-refractivity contribution >= 4 is 11.7 Å². The van der Waals surface area contributed by atoms with Crippen LogP contribution in [0.25, 0.3) is 0 Å². The minimum atomic E-state index is -0.931. The third-order valence-electron chi connectivity index (χ3n) is 2.99. The van der Waals surface area contributed by atoms with Crippen LogP contribution in [0, 0.1) is 5.92 Å². The largest absolute Gasteiger partial charge is 0.478 e. The number of pyridine rings is 1. The van der Waals surface area contributed by atoms with E-state index in [1.807, 2.05) is 0 Å². The van der Waals surface area contributed by atoms with Gasteiger partial charge in [-0.3, -0.25) is 4.98 Å². The van der Waals surface area contributed by atoms with Crippen LogP contribution in [0.1, 0.15) is 16.8 Å². The van der Waals surface area contributed by atoms with Gasteiger partial charge < -0.3 is 15.7 Å². The number of carboxylic acid groups (broad SMARTS) is 1. The van der Waals surface area contributed by atoms with E-state index in [9.17, 15) is 4.79 Å². The van der Waals surface area contributed by atoms with Crippen molar-refractivity contribution in [1.29, 1.82) is 0 Å². The Morgan fingerprint density at radius 2 is 2.50 bits per heavy atom. The highest BCUT2D eigenvalue weighted by Gasteiger charge is 2.24. The van der Waals surface area contributed by atoms with Gasteiger partial charge in [-0.2, -0.15) is 0 Å². The minimum Gasteiger partial charge on any atom is -0.478 e. The summed E-state index contributed by atoms with van der Waals surface area (Å²) in [7, 11) is 0. The van der Waals surface area contributed by atoms with E-state index in [2.05, 4.69) is 9.88 Å². The summed E-state index contributed by atoms with van der Waals surface area (Å²) in [5.41, 5.74) is 6.63. The predicted molar refractivity (Wildman–Crippen MR) is 60.6 cm³/mol. The van der Waals surface area contributed by atoms with E-state index in [4.69, 9.17) is 10.8 Å². The Morgan fingerprint density at radius 3 is 3.12 bits per heavy atom. The summed E-state index contributed by atoms with van der Waals surface area (Å²) >= 11 is 0. The Labute approximate surface area is 93.9 Å². The van der Waals surface area contributed by atoms with Gasteiger partial charge in [-0.1, -0.05) is 0 Å². The number of aromatic carboxylic acids is 1. The number of rotatable bonds is 3. The van der Waals surface area contributed by atoms with E-state index in [0.717, 1.165) is 25.2 Å². The first-order valence-electron chi connectivity index (χ1n) is 5.34. The van der Waals surface area contributed by atoms with Crippen LogP contribution in [-0.4, -0.2) is 35.7 Å². The highest BCUT2D eigenvalue weighted by atomic mass is 16.4. The molecule has 1 aliphatic heterocycles. The zero-order valence-corrected chi connectivity index (χ0v) is 8.97. The molecule has 1 atom stereocenters. The van der Waals surface area contributed by atoms with Crippen LogP contribution >= 0.6 is 0 Å². The number of hydrogen-bond acceptors (Lipinski definition) is 4. The second kappa shape index (κ2) is 4.49. The molecule has 0 saturated carbocycles. The van der Waals surface area contributed by atoms with Crippen LogP contribution in [0.2, 0.25) is 0 Å². The van der Waals surface area contributed by atoms with Crippen molar-refractivity contribution in [3.63, 3.8) is 0 Å². The van der Waals surface area contributed by atoms with E-state index < -0.39 is 5.97 Å². The molecule has 5 heteroatoms. The maximum absolute atomic E-state index is 11.0. The Morgan fingerprint density at radius 1 is 1.69 bits per heavy atom. The molecule has 3 N–H and O–H groups in total. The molecule has 86 valence electrons. The Bertz CT molecular complexity index is 395. The van der Waals surface area contributed by atoms with Crippen LogP contribution < -0.4 is 10.6 Å². The highest BCUT2D eigenvalue weighted by Crippen LogP contribution is 2.25. The molecule has 0 aromatic carbocycles. The maximum Gasteiger partial charge on any atom is 0.339 e. The van der Waals surface area contributed by atoms with Gasteiger partial charge in [0.15, 0.2) is 0 Å². The molecule has 0 amide bonds. The number of carboxylic acids is 1. The minimum absolute atomic E-state index is 0.264. The molecular weight excluding hydrogens is 206 g/mol. The quantitative estimate of drug-likeness (QED) is 0.779. The molecule has 2 rings (SSSR count). The number of anilines is 1. The number of carbonyl (C=O) groups is 1. The molecule has 1 unspecified atom stereocenters. The average molecular weight is 221 g/mol. The van der Waals surface area contributed by atoms with Crippen molar-refractivity contribution in [2.45, 2.75) is 6.42 Å². The fourth-order valence-corrected chi connectivity index (χ4v) is 2.07. The van der Waals surface area contributed by atoms with Crippen molar-refractivity contribution in [3.05, 3.63) is 24.0 Å². The van der Waals surface area contributed by atoms with Gasteiger partial charge in [-0.15, -0.1) is 0 Å². The first-order chi connectivity index (χ1) is 7.72. The smallest absolute Gasteiger partial charge is 0.339 e. The maximum atomic E-state index is 11.0. The van der Waals surface area contributed by atoms with Crippen LogP contribution in [-0.2, 0) is 0 Å². The van der Waals surface area contributed by atoms with Gasteiger partial charge in [0.1, 0.15) is 5.56 Å². The lowest BCUT2D eigenvalue weighted by Crippen LogP contribution is -2.24. The molecule has 0 spiro atoms. The second-order valence-corrected chi connectivity index (χ2v) is 4.03. The van der Waals surface area contributed by atoms with Gasteiger partial charge in [0.25, 0.3) is 0 Å². The van der Waals surface area contributed by atoms with Crippen LogP contribution in [0.15, 0.2) is 18.5 Å². The van der Waals surface area contributed by atoms with E-state index >= 15 is 0 Å². The molecule has 1 aromatic heterocycles. The number of hydrogen-bond donors (Lipinski definition) is 2. The van der Waals surface area contributed by atoms with Crippen molar-refractivity contribution < 1.29 is 9.90 Å². The molecule has 1 aromatic rings. The zero-order chi connectivity index (χ0) is 11.5. The van der Waals surface area contributed by atoms with Gasteiger partial charge in [-0.25, -0.2) is 4.79 Å². The summed E-state index contributed by atoms with van der Waals surface area (Å²) < 4.78 is 0. The lowest BCUT2D eigenvalue weighted by Gasteiger charge is -2.20. The Hall–Kier alpha value is -1.62.